The van der Waals surface area contributed by atoms with Crippen LogP contribution in [0, 0.1) is 0 Å². The molecule has 13 heavy (non-hydrogen) atoms. The van der Waals surface area contributed by atoms with Gasteiger partial charge in [0.25, 0.3) is 0 Å². The van der Waals surface area contributed by atoms with Gasteiger partial charge in [0, 0.05) is 17.8 Å². The van der Waals surface area contributed by atoms with Crippen molar-refractivity contribution in [1.82, 2.24) is 10.2 Å². The molecule has 0 fully saturated rings. The lowest BCUT2D eigenvalue weighted by molar-refractivity contribution is 0.468. The number of anilines is 1. The van der Waals surface area contributed by atoms with Gasteiger partial charge < -0.3 is 11.1 Å². The summed E-state index contributed by atoms with van der Waals surface area (Å²) in [6, 6.07) is 3.76. The molecular weight excluding hydrogens is 164 g/mol. The Morgan fingerprint density at radius 1 is 1.54 bits per heavy atom. The molecule has 0 aliphatic rings. The average Bonchev–Trinajstić information content (AvgIpc) is 2.05. The summed E-state index contributed by atoms with van der Waals surface area (Å²) in [5.74, 6) is 0.754. The van der Waals surface area contributed by atoms with Gasteiger partial charge in [-0.3, -0.25) is 0 Å². The SMILES string of the molecule is CC(N)C(C)(C)Nc1cccnn1. The predicted octanol–water partition coefficient (Wildman–Crippen LogP) is 1.01. The van der Waals surface area contributed by atoms with Crippen LogP contribution in [0.2, 0.25) is 0 Å². The maximum Gasteiger partial charge on any atom is 0.149 e. The molecule has 1 aromatic rings. The van der Waals surface area contributed by atoms with Crippen molar-refractivity contribution >= 4 is 5.82 Å². The van der Waals surface area contributed by atoms with Crippen molar-refractivity contribution in [2.24, 2.45) is 5.73 Å². The molecule has 0 radical (unpaired) electrons. The molecule has 1 atom stereocenters. The Balaban J connectivity index is 2.69. The first-order chi connectivity index (χ1) is 6.02. The van der Waals surface area contributed by atoms with Crippen LogP contribution in [0.15, 0.2) is 18.3 Å². The summed E-state index contributed by atoms with van der Waals surface area (Å²) < 4.78 is 0. The third-order valence-corrected chi connectivity index (χ3v) is 2.16. The topological polar surface area (TPSA) is 63.8 Å². The van der Waals surface area contributed by atoms with E-state index in [4.69, 9.17) is 5.73 Å². The van der Waals surface area contributed by atoms with Crippen LogP contribution in [0.1, 0.15) is 20.8 Å². The Labute approximate surface area is 78.6 Å². The normalized spacial score (nSPS) is 13.8. The van der Waals surface area contributed by atoms with Crippen LogP contribution in [0.25, 0.3) is 0 Å². The molecule has 0 saturated heterocycles. The zero-order chi connectivity index (χ0) is 9.90. The minimum absolute atomic E-state index is 0.0505. The molecule has 0 aromatic carbocycles. The molecule has 0 amide bonds. The van der Waals surface area contributed by atoms with E-state index in [1.807, 2.05) is 32.9 Å². The van der Waals surface area contributed by atoms with E-state index in [1.54, 1.807) is 6.20 Å². The van der Waals surface area contributed by atoms with Crippen LogP contribution < -0.4 is 11.1 Å². The van der Waals surface area contributed by atoms with E-state index in [9.17, 15) is 0 Å². The van der Waals surface area contributed by atoms with E-state index in [0.29, 0.717) is 0 Å². The van der Waals surface area contributed by atoms with Crippen molar-refractivity contribution in [3.63, 3.8) is 0 Å². The first kappa shape index (κ1) is 9.92. The zero-order valence-corrected chi connectivity index (χ0v) is 8.28. The monoisotopic (exact) mass is 180 g/mol. The van der Waals surface area contributed by atoms with E-state index in [-0.39, 0.29) is 11.6 Å². The summed E-state index contributed by atoms with van der Waals surface area (Å²) >= 11 is 0. The lowest BCUT2D eigenvalue weighted by Gasteiger charge is -2.30. The van der Waals surface area contributed by atoms with Crippen molar-refractivity contribution in [3.05, 3.63) is 18.3 Å². The second-order valence-corrected chi connectivity index (χ2v) is 3.74. The number of nitrogens with two attached hydrogens (primary N) is 1. The first-order valence-electron chi connectivity index (χ1n) is 4.34. The fourth-order valence-electron chi connectivity index (χ4n) is 0.812. The summed E-state index contributed by atoms with van der Waals surface area (Å²) in [4.78, 5) is 0. The van der Waals surface area contributed by atoms with Gasteiger partial charge in [0.15, 0.2) is 0 Å². The molecular formula is C9H16N4. The molecule has 1 rings (SSSR count). The maximum absolute atomic E-state index is 5.81. The number of nitrogens with one attached hydrogen (secondary N) is 1. The van der Waals surface area contributed by atoms with E-state index < -0.39 is 0 Å². The molecule has 1 heterocycles. The van der Waals surface area contributed by atoms with Crippen LogP contribution in [0.4, 0.5) is 5.82 Å². The van der Waals surface area contributed by atoms with E-state index in [0.717, 1.165) is 5.82 Å². The van der Waals surface area contributed by atoms with Gasteiger partial charge in [-0.1, -0.05) is 0 Å². The highest BCUT2D eigenvalue weighted by molar-refractivity contribution is 5.35. The second-order valence-electron chi connectivity index (χ2n) is 3.74. The molecule has 1 aromatic heterocycles. The quantitative estimate of drug-likeness (QED) is 0.728. The molecule has 4 heteroatoms. The largest absolute Gasteiger partial charge is 0.362 e. The van der Waals surface area contributed by atoms with Gasteiger partial charge in [-0.05, 0) is 32.9 Å². The number of hydrogen-bond donors (Lipinski definition) is 2. The third kappa shape index (κ3) is 2.66. The summed E-state index contributed by atoms with van der Waals surface area (Å²) in [6.45, 7) is 6.03. The molecule has 0 saturated carbocycles. The highest BCUT2D eigenvalue weighted by Crippen LogP contribution is 2.13. The van der Waals surface area contributed by atoms with Crippen molar-refractivity contribution in [2.75, 3.05) is 5.32 Å². The Morgan fingerprint density at radius 2 is 2.23 bits per heavy atom. The summed E-state index contributed by atoms with van der Waals surface area (Å²) in [5, 5.41) is 10.9. The van der Waals surface area contributed by atoms with E-state index >= 15 is 0 Å². The van der Waals surface area contributed by atoms with Gasteiger partial charge in [0.2, 0.25) is 0 Å². The van der Waals surface area contributed by atoms with Crippen molar-refractivity contribution in [2.45, 2.75) is 32.4 Å². The average molecular weight is 180 g/mol. The lowest BCUT2D eigenvalue weighted by atomic mass is 9.97. The van der Waals surface area contributed by atoms with Crippen molar-refractivity contribution in [3.8, 4) is 0 Å². The smallest absolute Gasteiger partial charge is 0.149 e. The number of aromatic nitrogens is 2. The standard InChI is InChI=1S/C9H16N4/c1-7(10)9(2,3)12-8-5-4-6-11-13-8/h4-7H,10H2,1-3H3,(H,12,13). The van der Waals surface area contributed by atoms with Crippen LogP contribution in [0.3, 0.4) is 0 Å². The maximum atomic E-state index is 5.81. The van der Waals surface area contributed by atoms with Gasteiger partial charge >= 0.3 is 0 Å². The number of rotatable bonds is 3. The summed E-state index contributed by atoms with van der Waals surface area (Å²) in [5.41, 5.74) is 5.64. The third-order valence-electron chi connectivity index (χ3n) is 2.16. The van der Waals surface area contributed by atoms with E-state index in [1.165, 1.54) is 0 Å². The first-order valence-corrected chi connectivity index (χ1v) is 4.34. The van der Waals surface area contributed by atoms with Crippen LogP contribution in [-0.4, -0.2) is 21.8 Å². The summed E-state index contributed by atoms with van der Waals surface area (Å²) in [7, 11) is 0. The molecule has 1 unspecified atom stereocenters. The van der Waals surface area contributed by atoms with Crippen molar-refractivity contribution in [1.29, 1.82) is 0 Å². The second kappa shape index (κ2) is 3.70. The number of hydrogen-bond acceptors (Lipinski definition) is 4. The fraction of sp³-hybridized carbons (Fsp3) is 0.556. The van der Waals surface area contributed by atoms with E-state index in [2.05, 4.69) is 15.5 Å². The van der Waals surface area contributed by atoms with Crippen molar-refractivity contribution < 1.29 is 0 Å². The minimum atomic E-state index is -0.171. The van der Waals surface area contributed by atoms with Gasteiger partial charge in [0.05, 0.1) is 0 Å². The lowest BCUT2D eigenvalue weighted by Crippen LogP contribution is -2.47. The Hall–Kier alpha value is -1.16. The van der Waals surface area contributed by atoms with Gasteiger partial charge in [-0.25, -0.2) is 0 Å². The van der Waals surface area contributed by atoms with Gasteiger partial charge in [-0.15, -0.1) is 5.10 Å². The molecule has 0 spiro atoms. The molecule has 0 aliphatic heterocycles. The molecule has 0 bridgehead atoms. The molecule has 0 aliphatic carbocycles. The minimum Gasteiger partial charge on any atom is -0.362 e. The van der Waals surface area contributed by atoms with Gasteiger partial charge in [-0.2, -0.15) is 5.10 Å². The number of nitrogens with zero attached hydrogens (tertiary/aromatic N) is 2. The van der Waals surface area contributed by atoms with Crippen LogP contribution in [-0.2, 0) is 0 Å². The molecule has 3 N–H and O–H groups in total. The highest BCUT2D eigenvalue weighted by atomic mass is 15.2. The van der Waals surface area contributed by atoms with Crippen LogP contribution >= 0.6 is 0 Å². The van der Waals surface area contributed by atoms with Gasteiger partial charge in [0.1, 0.15) is 5.82 Å². The predicted molar refractivity (Wildman–Crippen MR) is 53.4 cm³/mol. The summed E-state index contributed by atoms with van der Waals surface area (Å²) in [6.07, 6.45) is 1.64. The highest BCUT2D eigenvalue weighted by Gasteiger charge is 2.22. The Morgan fingerprint density at radius 3 is 2.69 bits per heavy atom. The Bertz CT molecular complexity index is 256. The zero-order valence-electron chi connectivity index (χ0n) is 8.28. The van der Waals surface area contributed by atoms with Crippen LogP contribution in [0.5, 0.6) is 0 Å². The molecule has 72 valence electrons. The molecule has 4 nitrogen and oxygen atoms in total. The Kier molecular flexibility index (Phi) is 2.83. The fourth-order valence-corrected chi connectivity index (χ4v) is 0.812.